The van der Waals surface area contributed by atoms with Crippen molar-refractivity contribution in [1.29, 1.82) is 0 Å². The lowest BCUT2D eigenvalue weighted by Crippen LogP contribution is -2.33. The van der Waals surface area contributed by atoms with Gasteiger partial charge in [-0.05, 0) is 7.05 Å². The highest BCUT2D eigenvalue weighted by atomic mass is 32.1. The molecule has 0 bridgehead atoms. The summed E-state index contributed by atoms with van der Waals surface area (Å²) in [4.78, 5) is 26.9. The lowest BCUT2D eigenvalue weighted by atomic mass is 10.3. The molecule has 3 N–H and O–H groups in total. The van der Waals surface area contributed by atoms with Crippen molar-refractivity contribution in [1.82, 2.24) is 15.1 Å². The highest BCUT2D eigenvalue weighted by Crippen LogP contribution is 1.97. The van der Waals surface area contributed by atoms with Gasteiger partial charge in [-0.2, -0.15) is 0 Å². The number of hydrogen-bond donors (Lipinski definition) is 2. The summed E-state index contributed by atoms with van der Waals surface area (Å²) in [6.07, 6.45) is 1.42. The zero-order chi connectivity index (χ0) is 14.8. The second kappa shape index (κ2) is 9.69. The number of nitrogens with one attached hydrogen (secondary N) is 1. The lowest BCUT2D eigenvalue weighted by Gasteiger charge is -2.20. The molecule has 0 atom stereocenters. The van der Waals surface area contributed by atoms with Gasteiger partial charge >= 0.3 is 0 Å². The molecule has 0 rings (SSSR count). The maximum absolute atomic E-state index is 11.8. The van der Waals surface area contributed by atoms with Gasteiger partial charge in [-0.15, -0.1) is 0 Å². The molecule has 0 aromatic rings. The van der Waals surface area contributed by atoms with Crippen LogP contribution in [0.2, 0.25) is 0 Å². The molecule has 19 heavy (non-hydrogen) atoms. The van der Waals surface area contributed by atoms with Gasteiger partial charge in [0.2, 0.25) is 11.8 Å². The van der Waals surface area contributed by atoms with E-state index >= 15 is 0 Å². The highest BCUT2D eigenvalue weighted by molar-refractivity contribution is 7.80. The molecule has 0 aromatic heterocycles. The van der Waals surface area contributed by atoms with E-state index in [0.29, 0.717) is 43.9 Å². The maximum atomic E-state index is 11.8. The van der Waals surface area contributed by atoms with Gasteiger partial charge in [-0.1, -0.05) is 12.2 Å². The van der Waals surface area contributed by atoms with E-state index in [1.54, 1.807) is 19.0 Å². The van der Waals surface area contributed by atoms with Crippen LogP contribution in [0.15, 0.2) is 0 Å². The predicted molar refractivity (Wildman–Crippen MR) is 79.8 cm³/mol. The monoisotopic (exact) mass is 288 g/mol. The molecule has 0 saturated heterocycles. The largest absolute Gasteiger partial charge is 0.393 e. The molecule has 0 saturated carbocycles. The average Bonchev–Trinajstić information content (AvgIpc) is 2.38. The van der Waals surface area contributed by atoms with Crippen LogP contribution in [0.1, 0.15) is 19.3 Å². The Labute approximate surface area is 120 Å². The number of nitrogens with two attached hydrogens (primary N) is 1. The number of rotatable bonds is 9. The smallest absolute Gasteiger partial charge is 0.223 e. The van der Waals surface area contributed by atoms with Crippen molar-refractivity contribution in [3.05, 3.63) is 0 Å². The summed E-state index contributed by atoms with van der Waals surface area (Å²) in [7, 11) is 5.25. The summed E-state index contributed by atoms with van der Waals surface area (Å²) in [6.45, 7) is 1.83. The van der Waals surface area contributed by atoms with Gasteiger partial charge in [0.1, 0.15) is 0 Å². The van der Waals surface area contributed by atoms with Crippen molar-refractivity contribution < 1.29 is 9.59 Å². The zero-order valence-electron chi connectivity index (χ0n) is 11.9. The Balaban J connectivity index is 3.82. The topological polar surface area (TPSA) is 78.7 Å². The highest BCUT2D eigenvalue weighted by Gasteiger charge is 2.10. The Kier molecular flexibility index (Phi) is 9.07. The number of amides is 2. The standard InChI is InChI=1S/C12H24N4O2S/c1-14-11(17)5-7-15(2)8-6-12(18)16(3)9-4-10(13)19/h4-9H2,1-3H3,(H2,13,19)(H,14,17). The SMILES string of the molecule is CNC(=O)CCN(C)CCC(=O)N(C)CCC(N)=S. The fraction of sp³-hybridized carbons (Fsp3) is 0.750. The Bertz CT molecular complexity index is 323. The third-order valence-corrected chi connectivity index (χ3v) is 3.03. The number of hydrogen-bond acceptors (Lipinski definition) is 4. The number of nitrogens with zero attached hydrogens (tertiary/aromatic N) is 2. The first kappa shape index (κ1) is 17.8. The molecule has 2 amide bonds. The first-order valence-electron chi connectivity index (χ1n) is 6.28. The zero-order valence-corrected chi connectivity index (χ0v) is 12.8. The Morgan fingerprint density at radius 2 is 1.68 bits per heavy atom. The van der Waals surface area contributed by atoms with Crippen LogP contribution in [0.5, 0.6) is 0 Å². The van der Waals surface area contributed by atoms with Crippen molar-refractivity contribution >= 4 is 29.0 Å². The molecule has 0 aromatic carbocycles. The van der Waals surface area contributed by atoms with Crippen molar-refractivity contribution in [2.45, 2.75) is 19.3 Å². The summed E-state index contributed by atoms with van der Waals surface area (Å²) in [5.74, 6) is 0.0646. The van der Waals surface area contributed by atoms with Crippen molar-refractivity contribution in [2.24, 2.45) is 5.73 Å². The first-order valence-corrected chi connectivity index (χ1v) is 6.69. The van der Waals surface area contributed by atoms with Crippen LogP contribution in [0.4, 0.5) is 0 Å². The summed E-state index contributed by atoms with van der Waals surface area (Å²) in [5, 5.41) is 2.57. The van der Waals surface area contributed by atoms with E-state index in [0.717, 1.165) is 0 Å². The van der Waals surface area contributed by atoms with E-state index < -0.39 is 0 Å². The maximum Gasteiger partial charge on any atom is 0.223 e. The fourth-order valence-corrected chi connectivity index (χ4v) is 1.50. The van der Waals surface area contributed by atoms with Crippen LogP contribution in [-0.4, -0.2) is 67.4 Å². The van der Waals surface area contributed by atoms with E-state index in [1.807, 2.05) is 11.9 Å². The Morgan fingerprint density at radius 3 is 2.21 bits per heavy atom. The molecule has 0 aliphatic rings. The second-order valence-corrected chi connectivity index (χ2v) is 5.03. The second-order valence-electron chi connectivity index (χ2n) is 4.51. The molecule has 0 heterocycles. The molecule has 0 fully saturated rings. The minimum absolute atomic E-state index is 0.00625. The molecular formula is C12H24N4O2S. The third-order valence-electron chi connectivity index (χ3n) is 2.83. The van der Waals surface area contributed by atoms with Gasteiger partial charge in [-0.25, -0.2) is 0 Å². The van der Waals surface area contributed by atoms with Crippen LogP contribution >= 0.6 is 12.2 Å². The molecule has 0 unspecified atom stereocenters. The van der Waals surface area contributed by atoms with Crippen LogP contribution < -0.4 is 11.1 Å². The predicted octanol–water partition coefficient (Wildman–Crippen LogP) is -0.421. The van der Waals surface area contributed by atoms with E-state index in [9.17, 15) is 9.59 Å². The van der Waals surface area contributed by atoms with Crippen molar-refractivity contribution in [3.8, 4) is 0 Å². The summed E-state index contributed by atoms with van der Waals surface area (Å²) in [5.41, 5.74) is 5.39. The first-order chi connectivity index (χ1) is 8.86. The summed E-state index contributed by atoms with van der Waals surface area (Å²) >= 11 is 4.77. The Hall–Kier alpha value is -1.21. The molecule has 6 nitrogen and oxygen atoms in total. The molecule has 0 radical (unpaired) electrons. The van der Waals surface area contributed by atoms with Gasteiger partial charge in [0.25, 0.3) is 0 Å². The summed E-state index contributed by atoms with van der Waals surface area (Å²) in [6, 6.07) is 0. The van der Waals surface area contributed by atoms with Crippen LogP contribution in [-0.2, 0) is 9.59 Å². The molecule has 7 heteroatoms. The molecule has 0 aliphatic heterocycles. The van der Waals surface area contributed by atoms with E-state index in [2.05, 4.69) is 5.32 Å². The molecule has 110 valence electrons. The minimum Gasteiger partial charge on any atom is -0.393 e. The van der Waals surface area contributed by atoms with Gasteiger partial charge in [-0.3, -0.25) is 9.59 Å². The van der Waals surface area contributed by atoms with Crippen LogP contribution in [0.25, 0.3) is 0 Å². The third kappa shape index (κ3) is 9.38. The van der Waals surface area contributed by atoms with E-state index in [4.69, 9.17) is 18.0 Å². The van der Waals surface area contributed by atoms with Gasteiger partial charge in [0.05, 0.1) is 4.99 Å². The number of thiocarbonyl (C=S) groups is 1. The van der Waals surface area contributed by atoms with Crippen molar-refractivity contribution in [3.63, 3.8) is 0 Å². The van der Waals surface area contributed by atoms with E-state index in [-0.39, 0.29) is 11.8 Å². The van der Waals surface area contributed by atoms with Gasteiger partial charge < -0.3 is 20.9 Å². The lowest BCUT2D eigenvalue weighted by molar-refractivity contribution is -0.130. The normalized spacial score (nSPS) is 10.3. The number of carbonyl (C=O) groups is 2. The van der Waals surface area contributed by atoms with Crippen molar-refractivity contribution in [2.75, 3.05) is 40.8 Å². The van der Waals surface area contributed by atoms with Gasteiger partial charge in [0, 0.05) is 53.0 Å². The van der Waals surface area contributed by atoms with Crippen LogP contribution in [0.3, 0.4) is 0 Å². The van der Waals surface area contributed by atoms with Crippen LogP contribution in [0, 0.1) is 0 Å². The molecular weight excluding hydrogens is 264 g/mol. The quantitative estimate of drug-likeness (QED) is 0.563. The van der Waals surface area contributed by atoms with Gasteiger partial charge in [0.15, 0.2) is 0 Å². The Morgan fingerprint density at radius 1 is 1.11 bits per heavy atom. The molecule has 0 spiro atoms. The average molecular weight is 288 g/mol. The number of carbonyl (C=O) groups excluding carboxylic acids is 2. The van der Waals surface area contributed by atoms with E-state index in [1.165, 1.54) is 0 Å². The fourth-order valence-electron chi connectivity index (χ4n) is 1.41. The minimum atomic E-state index is 0.00625. The molecule has 0 aliphatic carbocycles. The summed E-state index contributed by atoms with van der Waals surface area (Å²) < 4.78 is 0.